The van der Waals surface area contributed by atoms with Crippen LogP contribution in [0.3, 0.4) is 0 Å². The van der Waals surface area contributed by atoms with Gasteiger partial charge in [0, 0.05) is 9.97 Å². The van der Waals surface area contributed by atoms with E-state index in [4.69, 9.17) is 0 Å². The van der Waals surface area contributed by atoms with Gasteiger partial charge in [-0.15, -0.1) is 0 Å². The Morgan fingerprint density at radius 2 is 2.25 bits per heavy atom. The first-order valence-electron chi connectivity index (χ1n) is 3.87. The molecule has 0 aliphatic heterocycles. The first kappa shape index (κ1) is 9.83. The Kier molecular flexibility index (Phi) is 3.84. The summed E-state index contributed by atoms with van der Waals surface area (Å²) in [4.78, 5) is 10.9. The Labute approximate surface area is 85.7 Å². The van der Waals surface area contributed by atoms with Gasteiger partial charge >= 0.3 is 6.09 Å². The maximum atomic E-state index is 10.9. The number of hydrogen-bond donors (Lipinski definition) is 1. The summed E-state index contributed by atoms with van der Waals surface area (Å²) in [7, 11) is 1.39. The average molecular weight is 281 g/mol. The molecule has 1 N–H and O–H groups in total. The second-order valence-electron chi connectivity index (χ2n) is 2.70. The predicted molar refractivity (Wildman–Crippen MR) is 55.5 cm³/mol. The van der Waals surface area contributed by atoms with Crippen LogP contribution in [0.1, 0.15) is 12.8 Å². The van der Waals surface area contributed by atoms with Gasteiger partial charge < -0.3 is 10.1 Å². The monoisotopic (exact) mass is 281 g/mol. The molecule has 0 saturated carbocycles. The molecule has 0 saturated heterocycles. The molecule has 0 radical (unpaired) electrons. The highest BCUT2D eigenvalue weighted by molar-refractivity contribution is 14.1. The maximum Gasteiger partial charge on any atom is 0.407 e. The molecule has 1 rings (SSSR count). The molecular weight excluding hydrogens is 269 g/mol. The minimum Gasteiger partial charge on any atom is -0.453 e. The van der Waals surface area contributed by atoms with Crippen molar-refractivity contribution in [3.8, 4) is 0 Å². The molecule has 1 aliphatic carbocycles. The summed E-state index contributed by atoms with van der Waals surface area (Å²) in [5.74, 6) is 0. The second kappa shape index (κ2) is 4.69. The quantitative estimate of drug-likeness (QED) is 0.452. The fourth-order valence-corrected chi connectivity index (χ4v) is 1.91. The van der Waals surface area contributed by atoms with Crippen molar-refractivity contribution in [2.45, 2.75) is 22.8 Å². The molecule has 0 unspecified atom stereocenters. The Morgan fingerprint density at radius 1 is 1.58 bits per heavy atom. The van der Waals surface area contributed by atoms with Crippen molar-refractivity contribution in [2.75, 3.05) is 7.11 Å². The number of nitrogens with one attached hydrogen (secondary N) is 1. The van der Waals surface area contributed by atoms with Gasteiger partial charge in [0.05, 0.1) is 7.11 Å². The van der Waals surface area contributed by atoms with Crippen LogP contribution in [0.15, 0.2) is 12.2 Å². The van der Waals surface area contributed by atoms with E-state index in [-0.39, 0.29) is 12.1 Å². The van der Waals surface area contributed by atoms with Crippen molar-refractivity contribution in [3.63, 3.8) is 0 Å². The number of hydrogen-bond acceptors (Lipinski definition) is 2. The number of ether oxygens (including phenoxy) is 1. The largest absolute Gasteiger partial charge is 0.453 e. The van der Waals surface area contributed by atoms with E-state index in [1.54, 1.807) is 0 Å². The molecule has 0 aromatic heterocycles. The van der Waals surface area contributed by atoms with E-state index in [9.17, 15) is 4.79 Å². The van der Waals surface area contributed by atoms with Gasteiger partial charge in [-0.2, -0.15) is 0 Å². The average Bonchev–Trinajstić information content (AvgIpc) is 2.09. The molecule has 0 heterocycles. The number of halogens is 1. The number of carbonyl (C=O) groups is 1. The fourth-order valence-electron chi connectivity index (χ4n) is 1.14. The number of alkyl halides is 1. The van der Waals surface area contributed by atoms with Gasteiger partial charge in [0.2, 0.25) is 0 Å². The van der Waals surface area contributed by atoms with E-state index in [0.29, 0.717) is 3.92 Å². The van der Waals surface area contributed by atoms with Crippen molar-refractivity contribution in [1.82, 2.24) is 5.32 Å². The summed E-state index contributed by atoms with van der Waals surface area (Å²) >= 11 is 2.35. The van der Waals surface area contributed by atoms with Crippen LogP contribution in [0.2, 0.25) is 0 Å². The molecule has 0 spiro atoms. The van der Waals surface area contributed by atoms with Crippen LogP contribution in [0, 0.1) is 0 Å². The minimum atomic E-state index is -0.336. The highest BCUT2D eigenvalue weighted by Gasteiger charge is 2.21. The second-order valence-corrected chi connectivity index (χ2v) is 4.30. The third-order valence-corrected chi connectivity index (χ3v) is 3.22. The van der Waals surface area contributed by atoms with Crippen LogP contribution in [0.5, 0.6) is 0 Å². The molecule has 0 bridgehead atoms. The van der Waals surface area contributed by atoms with E-state index in [1.807, 2.05) is 0 Å². The topological polar surface area (TPSA) is 38.3 Å². The van der Waals surface area contributed by atoms with Crippen molar-refractivity contribution < 1.29 is 9.53 Å². The number of rotatable bonds is 1. The molecule has 0 fully saturated rings. The van der Waals surface area contributed by atoms with Gasteiger partial charge in [-0.1, -0.05) is 34.7 Å². The summed E-state index contributed by atoms with van der Waals surface area (Å²) in [5.41, 5.74) is 0. The molecule has 3 nitrogen and oxygen atoms in total. The summed E-state index contributed by atoms with van der Waals surface area (Å²) in [6.45, 7) is 0. The van der Waals surface area contributed by atoms with Crippen LogP contribution in [0.25, 0.3) is 0 Å². The highest BCUT2D eigenvalue weighted by Crippen LogP contribution is 2.19. The predicted octanol–water partition coefficient (Wildman–Crippen LogP) is 1.86. The zero-order valence-electron chi connectivity index (χ0n) is 6.92. The van der Waals surface area contributed by atoms with Crippen LogP contribution >= 0.6 is 22.6 Å². The minimum absolute atomic E-state index is 0.225. The lowest BCUT2D eigenvalue weighted by Crippen LogP contribution is -2.41. The van der Waals surface area contributed by atoms with Crippen molar-refractivity contribution in [3.05, 3.63) is 12.2 Å². The molecule has 12 heavy (non-hydrogen) atoms. The summed E-state index contributed by atoms with van der Waals surface area (Å²) in [6, 6.07) is 0.225. The maximum absolute atomic E-state index is 10.9. The third-order valence-electron chi connectivity index (χ3n) is 1.84. The Morgan fingerprint density at radius 3 is 2.83 bits per heavy atom. The van der Waals surface area contributed by atoms with Gasteiger partial charge in [-0.3, -0.25) is 0 Å². The molecule has 2 atom stereocenters. The van der Waals surface area contributed by atoms with Gasteiger partial charge in [0.15, 0.2) is 0 Å². The lowest BCUT2D eigenvalue weighted by Gasteiger charge is -2.23. The summed E-state index contributed by atoms with van der Waals surface area (Å²) in [5, 5.41) is 2.80. The molecule has 1 amide bonds. The number of methoxy groups -OCH3 is 1. The number of amides is 1. The Balaban J connectivity index is 2.40. The standard InChI is InChI=1S/C8H12INO2/c1-12-8(11)10-7-5-3-2-4-6(7)9/h2-3,6-7H,4-5H2,1H3,(H,10,11)/t6-,7+/m0/s1. The molecule has 1 aliphatic rings. The highest BCUT2D eigenvalue weighted by atomic mass is 127. The smallest absolute Gasteiger partial charge is 0.407 e. The normalized spacial score (nSPS) is 28.2. The van der Waals surface area contributed by atoms with Crippen LogP contribution < -0.4 is 5.32 Å². The molecule has 0 aromatic carbocycles. The molecule has 68 valence electrons. The lowest BCUT2D eigenvalue weighted by atomic mass is 10.0. The Hall–Kier alpha value is -0.260. The number of carbonyl (C=O) groups excluding carboxylic acids is 1. The van der Waals surface area contributed by atoms with Gasteiger partial charge in [-0.05, 0) is 12.8 Å². The Bertz CT molecular complexity index is 193. The van der Waals surface area contributed by atoms with Crippen LogP contribution in [0.4, 0.5) is 4.79 Å². The molecule has 4 heteroatoms. The third kappa shape index (κ3) is 2.66. The van der Waals surface area contributed by atoms with Crippen molar-refractivity contribution in [1.29, 1.82) is 0 Å². The first-order valence-corrected chi connectivity index (χ1v) is 5.12. The zero-order chi connectivity index (χ0) is 8.97. The van der Waals surface area contributed by atoms with Gasteiger partial charge in [0.25, 0.3) is 0 Å². The zero-order valence-corrected chi connectivity index (χ0v) is 9.08. The van der Waals surface area contributed by atoms with Crippen molar-refractivity contribution >= 4 is 28.7 Å². The van der Waals surface area contributed by atoms with Crippen molar-refractivity contribution in [2.24, 2.45) is 0 Å². The number of alkyl carbamates (subject to hydrolysis) is 1. The van der Waals surface area contributed by atoms with Crippen LogP contribution in [-0.4, -0.2) is 23.2 Å². The fraction of sp³-hybridized carbons (Fsp3) is 0.625. The molecule has 0 aromatic rings. The van der Waals surface area contributed by atoms with Gasteiger partial charge in [0.1, 0.15) is 0 Å². The van der Waals surface area contributed by atoms with E-state index in [1.165, 1.54) is 7.11 Å². The van der Waals surface area contributed by atoms with E-state index < -0.39 is 0 Å². The van der Waals surface area contributed by atoms with E-state index in [0.717, 1.165) is 12.8 Å². The van der Waals surface area contributed by atoms with E-state index in [2.05, 4.69) is 44.8 Å². The number of allylic oxidation sites excluding steroid dienone is 1. The van der Waals surface area contributed by atoms with E-state index >= 15 is 0 Å². The van der Waals surface area contributed by atoms with Crippen LogP contribution in [-0.2, 0) is 4.74 Å². The molecular formula is C8H12INO2. The first-order chi connectivity index (χ1) is 5.74. The summed E-state index contributed by atoms with van der Waals surface area (Å²) < 4.78 is 5.00. The van der Waals surface area contributed by atoms with Gasteiger partial charge in [-0.25, -0.2) is 4.79 Å². The SMILES string of the molecule is COC(=O)N[C@@H]1CC=CC[C@@H]1I. The lowest BCUT2D eigenvalue weighted by molar-refractivity contribution is 0.166. The summed E-state index contributed by atoms with van der Waals surface area (Å²) in [6.07, 6.45) is 5.83.